The molecule has 0 N–H and O–H groups in total. The second-order valence-electron chi connectivity index (χ2n) is 5.85. The van der Waals surface area contributed by atoms with Gasteiger partial charge in [0, 0.05) is 0 Å². The summed E-state index contributed by atoms with van der Waals surface area (Å²) < 4.78 is 12.2. The second-order valence-corrected chi connectivity index (χ2v) is 19.3. The van der Waals surface area contributed by atoms with Crippen LogP contribution in [0, 0.1) is 0 Å². The molecule has 0 aromatic rings. The van der Waals surface area contributed by atoms with Crippen LogP contribution in [0.15, 0.2) is 9.85 Å². The zero-order valence-corrected chi connectivity index (χ0v) is 15.6. The number of ether oxygens (including phenoxy) is 1. The molecule has 0 atom stereocenters. The maximum absolute atomic E-state index is 5.59. The molecule has 1 nitrogen and oxygen atoms in total. The molecule has 0 bridgehead atoms. The van der Waals surface area contributed by atoms with Crippen LogP contribution < -0.4 is 0 Å². The van der Waals surface area contributed by atoms with E-state index in [2.05, 4.69) is 27.0 Å². The average molecular weight is 359 g/mol. The molecule has 1 aliphatic heterocycles. The topological polar surface area (TPSA) is 9.23 Å². The fourth-order valence-electron chi connectivity index (χ4n) is 3.18. The van der Waals surface area contributed by atoms with E-state index in [0.717, 1.165) is 6.61 Å². The Hall–Kier alpha value is 0.339. The molecule has 18 heavy (non-hydrogen) atoms. The van der Waals surface area contributed by atoms with Gasteiger partial charge in [0.25, 0.3) is 0 Å². The Balaban J connectivity index is 2.76. The van der Waals surface area contributed by atoms with Crippen LogP contribution in [0.3, 0.4) is 0 Å². The van der Waals surface area contributed by atoms with Crippen LogP contribution in [-0.4, -0.2) is 25.0 Å². The maximum atomic E-state index is 5.59. The minimum absolute atomic E-state index is 0.971. The molecule has 0 unspecified atom stereocenters. The third-order valence-corrected chi connectivity index (χ3v) is 20.6. The summed E-state index contributed by atoms with van der Waals surface area (Å²) in [6.07, 6.45) is 11.9. The van der Waals surface area contributed by atoms with Gasteiger partial charge >= 0.3 is 119 Å². The molecule has 0 aliphatic carbocycles. The van der Waals surface area contributed by atoms with Crippen LogP contribution in [0.25, 0.3) is 0 Å². The molecule has 1 rings (SSSR count). The summed E-state index contributed by atoms with van der Waals surface area (Å²) in [5.41, 5.74) is 0. The molecule has 0 radical (unpaired) electrons. The summed E-state index contributed by atoms with van der Waals surface area (Å²) in [5.74, 6) is 0. The monoisotopic (exact) mass is 360 g/mol. The molecule has 0 fully saturated rings. The van der Waals surface area contributed by atoms with Crippen molar-refractivity contribution in [3.05, 3.63) is 9.85 Å². The fourth-order valence-corrected chi connectivity index (χ4v) is 19.6. The summed E-state index contributed by atoms with van der Waals surface area (Å²) >= 11 is -2.04. The van der Waals surface area contributed by atoms with E-state index in [1.807, 2.05) is 3.59 Å². The van der Waals surface area contributed by atoms with Crippen LogP contribution in [0.4, 0.5) is 0 Å². The van der Waals surface area contributed by atoms with E-state index in [-0.39, 0.29) is 0 Å². The quantitative estimate of drug-likeness (QED) is 0.456. The Morgan fingerprint density at radius 1 is 0.944 bits per heavy atom. The Labute approximate surface area is 118 Å². The van der Waals surface area contributed by atoms with E-state index in [1.165, 1.54) is 44.9 Å². The second kappa shape index (κ2) is 9.28. The van der Waals surface area contributed by atoms with Gasteiger partial charge in [-0.3, -0.25) is 0 Å². The van der Waals surface area contributed by atoms with Crippen molar-refractivity contribution in [1.29, 1.82) is 0 Å². The van der Waals surface area contributed by atoms with Crippen molar-refractivity contribution in [1.82, 2.24) is 0 Å². The first-order chi connectivity index (χ1) is 8.79. The van der Waals surface area contributed by atoms with Crippen LogP contribution in [0.2, 0.25) is 13.3 Å². The van der Waals surface area contributed by atoms with Gasteiger partial charge in [-0.1, -0.05) is 0 Å². The van der Waals surface area contributed by atoms with Gasteiger partial charge in [0.05, 0.1) is 0 Å². The molecule has 0 aromatic heterocycles. The van der Waals surface area contributed by atoms with Crippen molar-refractivity contribution in [2.24, 2.45) is 0 Å². The molecular weight excluding hydrogens is 327 g/mol. The summed E-state index contributed by atoms with van der Waals surface area (Å²) in [4.78, 5) is 0. The molecule has 0 saturated heterocycles. The normalized spacial score (nSPS) is 15.6. The average Bonchev–Trinajstić information content (AvgIpc) is 2.93. The molecule has 1 heterocycles. The van der Waals surface area contributed by atoms with Gasteiger partial charge in [-0.2, -0.15) is 0 Å². The van der Waals surface area contributed by atoms with Crippen molar-refractivity contribution in [3.8, 4) is 0 Å². The Kier molecular flexibility index (Phi) is 8.45. The minimum atomic E-state index is -2.04. The van der Waals surface area contributed by atoms with Crippen LogP contribution >= 0.6 is 0 Å². The Morgan fingerprint density at radius 3 is 1.78 bits per heavy atom. The molecule has 106 valence electrons. The first-order valence-electron chi connectivity index (χ1n) is 8.10. The third-order valence-electron chi connectivity index (χ3n) is 4.42. The van der Waals surface area contributed by atoms with E-state index < -0.39 is 18.4 Å². The summed E-state index contributed by atoms with van der Waals surface area (Å²) in [7, 11) is 0. The Morgan fingerprint density at radius 2 is 1.44 bits per heavy atom. The Bertz CT molecular complexity index is 226. The van der Waals surface area contributed by atoms with Crippen molar-refractivity contribution in [2.75, 3.05) is 6.61 Å². The van der Waals surface area contributed by atoms with Crippen molar-refractivity contribution in [3.63, 3.8) is 0 Å². The van der Waals surface area contributed by atoms with Crippen LogP contribution in [0.5, 0.6) is 0 Å². The van der Waals surface area contributed by atoms with Gasteiger partial charge in [-0.05, 0) is 0 Å². The molecule has 0 saturated carbocycles. The van der Waals surface area contributed by atoms with Crippen molar-refractivity contribution < 1.29 is 4.74 Å². The third kappa shape index (κ3) is 4.79. The summed E-state index contributed by atoms with van der Waals surface area (Å²) in [6, 6.07) is 0. The number of unbranched alkanes of at least 4 members (excludes halogenated alkanes) is 3. The molecule has 0 aromatic carbocycles. The molecule has 2 heteroatoms. The van der Waals surface area contributed by atoms with E-state index in [0.29, 0.717) is 0 Å². The van der Waals surface area contributed by atoms with E-state index in [1.54, 1.807) is 13.3 Å². The van der Waals surface area contributed by atoms with Gasteiger partial charge < -0.3 is 0 Å². The molecule has 1 aliphatic rings. The molecular formula is C16H32OSn. The standard InChI is InChI=1S/C4H5O.3C4H9.Sn/c1-2-4-5-3-1;3*1-3-4-2;/h4H,1,3H2;3*1,3-4H2,2H3;. The van der Waals surface area contributed by atoms with Gasteiger partial charge in [0.15, 0.2) is 0 Å². The van der Waals surface area contributed by atoms with Gasteiger partial charge in [0.2, 0.25) is 0 Å². The first-order valence-corrected chi connectivity index (χ1v) is 15.6. The van der Waals surface area contributed by atoms with E-state index in [4.69, 9.17) is 4.74 Å². The van der Waals surface area contributed by atoms with Gasteiger partial charge in [-0.25, -0.2) is 0 Å². The van der Waals surface area contributed by atoms with Crippen LogP contribution in [0.1, 0.15) is 65.7 Å². The number of hydrogen-bond acceptors (Lipinski definition) is 1. The zero-order chi connectivity index (χ0) is 13.3. The SMILES string of the molecule is CCC[CH2][Sn]([CH2]CCC)([CH2]CCC)[C]1=COCC1. The molecule has 0 amide bonds. The van der Waals surface area contributed by atoms with Crippen LogP contribution in [-0.2, 0) is 4.74 Å². The first kappa shape index (κ1) is 16.4. The van der Waals surface area contributed by atoms with Crippen molar-refractivity contribution in [2.45, 2.75) is 79.0 Å². The summed E-state index contributed by atoms with van der Waals surface area (Å²) in [6.45, 7) is 8.00. The van der Waals surface area contributed by atoms with Crippen molar-refractivity contribution >= 4 is 18.4 Å². The zero-order valence-electron chi connectivity index (χ0n) is 12.8. The summed E-state index contributed by atoms with van der Waals surface area (Å²) in [5, 5.41) is 0. The van der Waals surface area contributed by atoms with E-state index >= 15 is 0 Å². The number of hydrogen-bond donors (Lipinski definition) is 0. The fraction of sp³-hybridized carbons (Fsp3) is 0.875. The van der Waals surface area contributed by atoms with E-state index in [9.17, 15) is 0 Å². The van der Waals surface area contributed by atoms with Gasteiger partial charge in [-0.15, -0.1) is 0 Å². The molecule has 0 spiro atoms. The number of rotatable bonds is 10. The predicted octanol–water partition coefficient (Wildman–Crippen LogP) is 5.68. The van der Waals surface area contributed by atoms with Gasteiger partial charge in [0.1, 0.15) is 0 Å². The predicted molar refractivity (Wildman–Crippen MR) is 83.6 cm³/mol.